The standard InChI is InChI=1S/C13H18N4O2/c14-11(17-19)13(5-1-2-6-13)12(18)16-9-10-4-3-7-15-8-10/h3-4,7-8,19H,1-2,5-6,9H2,(H2,14,17)(H,16,18). The Balaban J connectivity index is 2.05. The molecule has 102 valence electrons. The molecule has 1 fully saturated rings. The van der Waals surface area contributed by atoms with E-state index in [-0.39, 0.29) is 11.7 Å². The topological polar surface area (TPSA) is 101 Å². The molecule has 1 heterocycles. The number of aromatic nitrogens is 1. The second-order valence-electron chi connectivity index (χ2n) is 4.82. The molecule has 0 saturated heterocycles. The van der Waals surface area contributed by atoms with Crippen molar-refractivity contribution in [1.82, 2.24) is 10.3 Å². The molecular formula is C13H18N4O2. The third kappa shape index (κ3) is 2.67. The number of carbonyl (C=O) groups excluding carboxylic acids is 1. The van der Waals surface area contributed by atoms with Crippen LogP contribution in [0.2, 0.25) is 0 Å². The van der Waals surface area contributed by atoms with Crippen molar-refractivity contribution in [2.75, 3.05) is 0 Å². The van der Waals surface area contributed by atoms with Crippen LogP contribution in [-0.4, -0.2) is 21.9 Å². The number of amidine groups is 1. The van der Waals surface area contributed by atoms with Crippen molar-refractivity contribution in [3.05, 3.63) is 30.1 Å². The van der Waals surface area contributed by atoms with Crippen LogP contribution in [-0.2, 0) is 11.3 Å². The van der Waals surface area contributed by atoms with Gasteiger partial charge in [0.1, 0.15) is 5.41 Å². The molecule has 0 aliphatic heterocycles. The normalized spacial score (nSPS) is 18.2. The van der Waals surface area contributed by atoms with Gasteiger partial charge >= 0.3 is 0 Å². The molecule has 1 aromatic heterocycles. The van der Waals surface area contributed by atoms with Crippen LogP contribution in [0.25, 0.3) is 0 Å². The van der Waals surface area contributed by atoms with E-state index in [0.717, 1.165) is 18.4 Å². The smallest absolute Gasteiger partial charge is 0.234 e. The van der Waals surface area contributed by atoms with E-state index in [1.54, 1.807) is 12.4 Å². The second kappa shape index (κ2) is 5.69. The first-order valence-electron chi connectivity index (χ1n) is 6.34. The van der Waals surface area contributed by atoms with Gasteiger partial charge in [0.05, 0.1) is 0 Å². The molecule has 6 heteroatoms. The average molecular weight is 262 g/mol. The maximum Gasteiger partial charge on any atom is 0.234 e. The highest BCUT2D eigenvalue weighted by molar-refractivity contribution is 6.07. The molecule has 19 heavy (non-hydrogen) atoms. The average Bonchev–Trinajstić information content (AvgIpc) is 2.96. The fraction of sp³-hybridized carbons (Fsp3) is 0.462. The van der Waals surface area contributed by atoms with Crippen LogP contribution in [0.4, 0.5) is 0 Å². The molecule has 2 rings (SSSR count). The van der Waals surface area contributed by atoms with Gasteiger partial charge in [-0.3, -0.25) is 9.78 Å². The first kappa shape index (κ1) is 13.3. The molecule has 1 aliphatic carbocycles. The van der Waals surface area contributed by atoms with Crippen LogP contribution in [0.3, 0.4) is 0 Å². The number of hydrogen-bond donors (Lipinski definition) is 3. The second-order valence-corrected chi connectivity index (χ2v) is 4.82. The highest BCUT2D eigenvalue weighted by atomic mass is 16.4. The van der Waals surface area contributed by atoms with Crippen molar-refractivity contribution >= 4 is 11.7 Å². The van der Waals surface area contributed by atoms with Gasteiger partial charge in [0.2, 0.25) is 5.91 Å². The van der Waals surface area contributed by atoms with Crippen molar-refractivity contribution < 1.29 is 10.0 Å². The number of nitrogens with zero attached hydrogens (tertiary/aromatic N) is 2. The maximum atomic E-state index is 12.3. The maximum absolute atomic E-state index is 12.3. The number of rotatable bonds is 4. The van der Waals surface area contributed by atoms with Crippen LogP contribution in [0.1, 0.15) is 31.2 Å². The largest absolute Gasteiger partial charge is 0.409 e. The lowest BCUT2D eigenvalue weighted by Crippen LogP contribution is -2.48. The fourth-order valence-electron chi connectivity index (χ4n) is 2.53. The molecular weight excluding hydrogens is 244 g/mol. The fourth-order valence-corrected chi connectivity index (χ4v) is 2.53. The van der Waals surface area contributed by atoms with E-state index in [1.807, 2.05) is 12.1 Å². The van der Waals surface area contributed by atoms with E-state index in [4.69, 9.17) is 10.9 Å². The lowest BCUT2D eigenvalue weighted by Gasteiger charge is -2.25. The summed E-state index contributed by atoms with van der Waals surface area (Å²) in [6.45, 7) is 0.396. The Kier molecular flexibility index (Phi) is 3.99. The Hall–Kier alpha value is -2.11. The Labute approximate surface area is 111 Å². The lowest BCUT2D eigenvalue weighted by molar-refractivity contribution is -0.127. The van der Waals surface area contributed by atoms with Gasteiger partial charge in [-0.25, -0.2) is 0 Å². The van der Waals surface area contributed by atoms with E-state index in [1.165, 1.54) is 0 Å². The molecule has 0 unspecified atom stereocenters. The molecule has 0 spiro atoms. The van der Waals surface area contributed by atoms with Gasteiger partial charge in [-0.15, -0.1) is 0 Å². The predicted molar refractivity (Wildman–Crippen MR) is 70.4 cm³/mol. The van der Waals surface area contributed by atoms with Crippen molar-refractivity contribution in [3.63, 3.8) is 0 Å². The predicted octanol–water partition coefficient (Wildman–Crippen LogP) is 1.00. The van der Waals surface area contributed by atoms with E-state index < -0.39 is 5.41 Å². The van der Waals surface area contributed by atoms with Crippen molar-refractivity contribution in [1.29, 1.82) is 0 Å². The number of amides is 1. The van der Waals surface area contributed by atoms with E-state index in [0.29, 0.717) is 19.4 Å². The van der Waals surface area contributed by atoms with Crippen molar-refractivity contribution in [2.24, 2.45) is 16.3 Å². The summed E-state index contributed by atoms with van der Waals surface area (Å²) in [7, 11) is 0. The molecule has 4 N–H and O–H groups in total. The quantitative estimate of drug-likeness (QED) is 0.326. The molecule has 0 radical (unpaired) electrons. The molecule has 1 saturated carbocycles. The summed E-state index contributed by atoms with van der Waals surface area (Å²) in [4.78, 5) is 16.3. The monoisotopic (exact) mass is 262 g/mol. The molecule has 6 nitrogen and oxygen atoms in total. The number of nitrogens with two attached hydrogens (primary N) is 1. The molecule has 1 aliphatic rings. The Bertz CT molecular complexity index is 467. The molecule has 0 bridgehead atoms. The van der Waals surface area contributed by atoms with Crippen LogP contribution in [0.15, 0.2) is 29.7 Å². The molecule has 1 amide bonds. The summed E-state index contributed by atoms with van der Waals surface area (Å²) in [5.74, 6) is -0.169. The third-order valence-electron chi connectivity index (χ3n) is 3.67. The Morgan fingerprint density at radius 1 is 1.53 bits per heavy atom. The third-order valence-corrected chi connectivity index (χ3v) is 3.67. The van der Waals surface area contributed by atoms with Gasteiger partial charge in [-0.1, -0.05) is 24.1 Å². The number of hydrogen-bond acceptors (Lipinski definition) is 4. The summed E-state index contributed by atoms with van der Waals surface area (Å²) in [6.07, 6.45) is 6.46. The summed E-state index contributed by atoms with van der Waals surface area (Å²) in [6, 6.07) is 3.70. The van der Waals surface area contributed by atoms with E-state index >= 15 is 0 Å². The Morgan fingerprint density at radius 3 is 2.84 bits per heavy atom. The van der Waals surface area contributed by atoms with Gasteiger partial charge < -0.3 is 16.3 Å². The van der Waals surface area contributed by atoms with Crippen LogP contribution >= 0.6 is 0 Å². The minimum Gasteiger partial charge on any atom is -0.409 e. The minimum atomic E-state index is -0.850. The van der Waals surface area contributed by atoms with E-state index in [9.17, 15) is 4.79 Å². The van der Waals surface area contributed by atoms with Crippen LogP contribution in [0.5, 0.6) is 0 Å². The zero-order valence-electron chi connectivity index (χ0n) is 10.7. The lowest BCUT2D eigenvalue weighted by atomic mass is 9.83. The molecule has 0 atom stereocenters. The first-order chi connectivity index (χ1) is 9.19. The summed E-state index contributed by atoms with van der Waals surface area (Å²) in [5, 5.41) is 14.8. The number of pyridine rings is 1. The van der Waals surface area contributed by atoms with Gasteiger partial charge in [-0.2, -0.15) is 0 Å². The van der Waals surface area contributed by atoms with Gasteiger partial charge in [0.25, 0.3) is 0 Å². The highest BCUT2D eigenvalue weighted by Gasteiger charge is 2.45. The first-order valence-corrected chi connectivity index (χ1v) is 6.34. The summed E-state index contributed by atoms with van der Waals surface area (Å²) in [5.41, 5.74) is 5.78. The van der Waals surface area contributed by atoms with Gasteiger partial charge in [0, 0.05) is 18.9 Å². The SMILES string of the molecule is NC(=NO)C1(C(=O)NCc2cccnc2)CCCC1. The van der Waals surface area contributed by atoms with E-state index in [2.05, 4.69) is 15.5 Å². The Morgan fingerprint density at radius 2 is 2.26 bits per heavy atom. The number of oxime groups is 1. The van der Waals surface area contributed by atoms with Gasteiger partial charge in [-0.05, 0) is 24.5 Å². The van der Waals surface area contributed by atoms with Crippen LogP contribution in [0, 0.1) is 5.41 Å². The zero-order chi connectivity index (χ0) is 13.7. The van der Waals surface area contributed by atoms with Crippen molar-refractivity contribution in [2.45, 2.75) is 32.2 Å². The van der Waals surface area contributed by atoms with Crippen LogP contribution < -0.4 is 11.1 Å². The number of carbonyl (C=O) groups is 1. The molecule has 0 aromatic carbocycles. The summed E-state index contributed by atoms with van der Waals surface area (Å²) >= 11 is 0. The van der Waals surface area contributed by atoms with Crippen molar-refractivity contribution in [3.8, 4) is 0 Å². The molecule has 1 aromatic rings. The summed E-state index contributed by atoms with van der Waals surface area (Å²) < 4.78 is 0. The highest BCUT2D eigenvalue weighted by Crippen LogP contribution is 2.38. The van der Waals surface area contributed by atoms with Gasteiger partial charge in [0.15, 0.2) is 5.84 Å². The number of nitrogens with one attached hydrogen (secondary N) is 1. The zero-order valence-corrected chi connectivity index (χ0v) is 10.7. The minimum absolute atomic E-state index is 0.00804.